The topological polar surface area (TPSA) is 85.6 Å². The average molecular weight is 425 g/mol. The van der Waals surface area contributed by atoms with E-state index in [0.717, 1.165) is 28.5 Å². The number of halogens is 1. The summed E-state index contributed by atoms with van der Waals surface area (Å²) in [5.41, 5.74) is 5.17. The van der Waals surface area contributed by atoms with E-state index < -0.39 is 0 Å². The van der Waals surface area contributed by atoms with Crippen LogP contribution in [-0.4, -0.2) is 30.3 Å². The van der Waals surface area contributed by atoms with Gasteiger partial charge in [0.2, 0.25) is 5.13 Å². The summed E-state index contributed by atoms with van der Waals surface area (Å²) >= 11 is 6.95. The maximum atomic E-state index is 12.3. The second kappa shape index (κ2) is 7.73. The number of benzene rings is 2. The van der Waals surface area contributed by atoms with E-state index in [9.17, 15) is 4.79 Å². The maximum Gasteiger partial charge on any atom is 0.257 e. The summed E-state index contributed by atoms with van der Waals surface area (Å²) in [6, 6.07) is 12.7. The quantitative estimate of drug-likeness (QED) is 0.516. The van der Waals surface area contributed by atoms with Crippen LogP contribution in [0.25, 0.3) is 17.2 Å². The van der Waals surface area contributed by atoms with Gasteiger partial charge < -0.3 is 0 Å². The summed E-state index contributed by atoms with van der Waals surface area (Å²) in [4.78, 5) is 16.8. The molecule has 29 heavy (non-hydrogen) atoms. The minimum absolute atomic E-state index is 0.278. The first kappa shape index (κ1) is 19.2. The Hall–Kier alpha value is -3.10. The number of aromatic nitrogens is 5. The summed E-state index contributed by atoms with van der Waals surface area (Å²) in [5, 5.41) is 12.3. The molecule has 0 unspecified atom stereocenters. The molecule has 4 aromatic rings. The van der Waals surface area contributed by atoms with Crippen molar-refractivity contribution in [3.8, 4) is 17.2 Å². The van der Waals surface area contributed by atoms with Crippen molar-refractivity contribution < 1.29 is 4.79 Å². The zero-order valence-corrected chi connectivity index (χ0v) is 17.5. The highest BCUT2D eigenvalue weighted by Crippen LogP contribution is 2.25. The molecule has 7 nitrogen and oxygen atoms in total. The Morgan fingerprint density at radius 2 is 1.86 bits per heavy atom. The van der Waals surface area contributed by atoms with Crippen LogP contribution >= 0.6 is 23.1 Å². The Morgan fingerprint density at radius 1 is 1.10 bits per heavy atom. The highest BCUT2D eigenvalue weighted by Gasteiger charge is 2.18. The second-order valence-corrected chi connectivity index (χ2v) is 7.73. The molecular formula is C20H17ClN6OS. The second-order valence-electron chi connectivity index (χ2n) is 6.54. The van der Waals surface area contributed by atoms with E-state index in [1.165, 1.54) is 5.56 Å². The van der Waals surface area contributed by atoms with Crippen LogP contribution in [-0.2, 0) is 0 Å². The highest BCUT2D eigenvalue weighted by molar-refractivity contribution is 7.10. The molecule has 0 fully saturated rings. The monoisotopic (exact) mass is 424 g/mol. The lowest BCUT2D eigenvalue weighted by molar-refractivity contribution is 0.102. The van der Waals surface area contributed by atoms with Crippen LogP contribution in [0.2, 0.25) is 5.02 Å². The maximum absolute atomic E-state index is 12.3. The van der Waals surface area contributed by atoms with E-state index in [4.69, 9.17) is 11.6 Å². The third kappa shape index (κ3) is 3.76. The summed E-state index contributed by atoms with van der Waals surface area (Å²) in [6.07, 6.45) is 0. The van der Waals surface area contributed by atoms with Gasteiger partial charge in [-0.15, -0.1) is 5.10 Å². The molecular weight excluding hydrogens is 408 g/mol. The lowest BCUT2D eigenvalue weighted by Gasteiger charge is -2.09. The lowest BCUT2D eigenvalue weighted by Crippen LogP contribution is -2.11. The van der Waals surface area contributed by atoms with Crippen molar-refractivity contribution in [3.63, 3.8) is 0 Å². The van der Waals surface area contributed by atoms with E-state index in [1.807, 2.05) is 19.1 Å². The molecule has 0 aliphatic heterocycles. The first-order chi connectivity index (χ1) is 13.9. The standard InChI is InChI=1S/C20H17ClN6OS/c1-11-5-4-6-16(12(11)2)27-13(3)17(24-26-27)18-22-20(29-25-18)23-19(28)14-7-9-15(21)10-8-14/h4-10H,1-3H3,(H,22,23,25,28). The number of carbonyl (C=O) groups excluding carboxylic acids is 1. The van der Waals surface area contributed by atoms with Gasteiger partial charge in [0.05, 0.1) is 11.4 Å². The Balaban J connectivity index is 1.59. The van der Waals surface area contributed by atoms with E-state index in [0.29, 0.717) is 27.2 Å². The fourth-order valence-corrected chi connectivity index (χ4v) is 3.56. The van der Waals surface area contributed by atoms with Gasteiger partial charge in [0.1, 0.15) is 0 Å². The van der Waals surface area contributed by atoms with Gasteiger partial charge in [-0.3, -0.25) is 10.1 Å². The number of nitrogens with zero attached hydrogens (tertiary/aromatic N) is 5. The molecule has 9 heteroatoms. The van der Waals surface area contributed by atoms with Crippen LogP contribution in [0.5, 0.6) is 0 Å². The van der Waals surface area contributed by atoms with E-state index in [2.05, 4.69) is 44.9 Å². The van der Waals surface area contributed by atoms with Crippen LogP contribution in [0.4, 0.5) is 5.13 Å². The first-order valence-corrected chi connectivity index (χ1v) is 9.99. The van der Waals surface area contributed by atoms with Crippen molar-refractivity contribution in [3.05, 3.63) is 69.9 Å². The zero-order chi connectivity index (χ0) is 20.5. The largest absolute Gasteiger partial charge is 0.297 e. The van der Waals surface area contributed by atoms with Crippen molar-refractivity contribution in [2.75, 3.05) is 5.32 Å². The highest BCUT2D eigenvalue weighted by atomic mass is 35.5. The SMILES string of the molecule is Cc1cccc(-n2nnc(-c3nsc(NC(=O)c4ccc(Cl)cc4)n3)c2C)c1C. The van der Waals surface area contributed by atoms with Crippen molar-refractivity contribution in [2.45, 2.75) is 20.8 Å². The molecule has 0 aliphatic rings. The molecule has 0 saturated carbocycles. The molecule has 0 aliphatic carbocycles. The predicted molar refractivity (Wildman–Crippen MR) is 114 cm³/mol. The number of carbonyl (C=O) groups is 1. The number of hydrogen-bond donors (Lipinski definition) is 1. The van der Waals surface area contributed by atoms with Gasteiger partial charge >= 0.3 is 0 Å². The smallest absolute Gasteiger partial charge is 0.257 e. The molecule has 1 N–H and O–H groups in total. The van der Waals surface area contributed by atoms with Crippen molar-refractivity contribution in [2.24, 2.45) is 0 Å². The van der Waals surface area contributed by atoms with Gasteiger partial charge in [0.15, 0.2) is 11.5 Å². The third-order valence-electron chi connectivity index (χ3n) is 4.66. The zero-order valence-electron chi connectivity index (χ0n) is 16.0. The summed E-state index contributed by atoms with van der Waals surface area (Å²) in [6.45, 7) is 6.03. The first-order valence-electron chi connectivity index (χ1n) is 8.84. The molecule has 0 saturated heterocycles. The molecule has 146 valence electrons. The molecule has 4 rings (SSSR count). The molecule has 0 spiro atoms. The van der Waals surface area contributed by atoms with Crippen LogP contribution in [0.1, 0.15) is 27.2 Å². The van der Waals surface area contributed by atoms with Gasteiger partial charge in [-0.25, -0.2) is 4.68 Å². The Labute approximate surface area is 176 Å². The third-order valence-corrected chi connectivity index (χ3v) is 5.55. The van der Waals surface area contributed by atoms with Gasteiger partial charge in [0, 0.05) is 22.1 Å². The number of anilines is 1. The van der Waals surface area contributed by atoms with E-state index in [1.54, 1.807) is 28.9 Å². The lowest BCUT2D eigenvalue weighted by atomic mass is 10.1. The molecule has 0 bridgehead atoms. The number of aryl methyl sites for hydroxylation is 1. The molecule has 0 atom stereocenters. The molecule has 2 aromatic carbocycles. The van der Waals surface area contributed by atoms with Crippen molar-refractivity contribution in [1.82, 2.24) is 24.4 Å². The summed E-state index contributed by atoms with van der Waals surface area (Å²) in [7, 11) is 0. The van der Waals surface area contributed by atoms with Crippen LogP contribution in [0, 0.1) is 20.8 Å². The summed E-state index contributed by atoms with van der Waals surface area (Å²) < 4.78 is 6.12. The van der Waals surface area contributed by atoms with Gasteiger partial charge in [0.25, 0.3) is 5.91 Å². The molecule has 2 aromatic heterocycles. The van der Waals surface area contributed by atoms with Crippen molar-refractivity contribution in [1.29, 1.82) is 0 Å². The number of rotatable bonds is 4. The van der Waals surface area contributed by atoms with Gasteiger partial charge in [-0.1, -0.05) is 28.9 Å². The van der Waals surface area contributed by atoms with E-state index in [-0.39, 0.29) is 5.91 Å². The molecule has 0 radical (unpaired) electrons. The van der Waals surface area contributed by atoms with Crippen LogP contribution in [0.15, 0.2) is 42.5 Å². The summed E-state index contributed by atoms with van der Waals surface area (Å²) in [5.74, 6) is 0.149. The van der Waals surface area contributed by atoms with Gasteiger partial charge in [-0.05, 0) is 62.2 Å². The van der Waals surface area contributed by atoms with E-state index >= 15 is 0 Å². The Bertz CT molecular complexity index is 1200. The molecule has 1 amide bonds. The Morgan fingerprint density at radius 3 is 2.62 bits per heavy atom. The number of nitrogens with one attached hydrogen (secondary N) is 1. The fourth-order valence-electron chi connectivity index (χ4n) is 2.87. The normalized spacial score (nSPS) is 10.9. The average Bonchev–Trinajstić information content (AvgIpc) is 3.31. The van der Waals surface area contributed by atoms with Crippen LogP contribution in [0.3, 0.4) is 0 Å². The fraction of sp³-hybridized carbons (Fsp3) is 0.150. The van der Waals surface area contributed by atoms with Crippen molar-refractivity contribution >= 4 is 34.2 Å². The minimum Gasteiger partial charge on any atom is -0.297 e. The number of hydrogen-bond acceptors (Lipinski definition) is 6. The van der Waals surface area contributed by atoms with Crippen LogP contribution < -0.4 is 5.32 Å². The van der Waals surface area contributed by atoms with Gasteiger partial charge in [-0.2, -0.15) is 9.36 Å². The molecule has 2 heterocycles. The predicted octanol–water partition coefficient (Wildman–Crippen LogP) is 4.62. The Kier molecular flexibility index (Phi) is 5.12. The number of amides is 1. The minimum atomic E-state index is -0.278.